The summed E-state index contributed by atoms with van der Waals surface area (Å²) < 4.78 is 5.25. The molecule has 0 saturated carbocycles. The number of ether oxygens (including phenoxy) is 1. The minimum absolute atomic E-state index is 0.0244. The lowest BCUT2D eigenvalue weighted by Crippen LogP contribution is -2.46. The van der Waals surface area contributed by atoms with E-state index in [0.29, 0.717) is 12.1 Å². The van der Waals surface area contributed by atoms with E-state index in [-0.39, 0.29) is 6.54 Å². The molecule has 28 heavy (non-hydrogen) atoms. The first-order chi connectivity index (χ1) is 13.4. The molecule has 1 aliphatic rings. The number of benzene rings is 2. The van der Waals surface area contributed by atoms with Crippen molar-refractivity contribution in [1.82, 2.24) is 5.32 Å². The minimum Gasteiger partial charge on any atom is -0.497 e. The van der Waals surface area contributed by atoms with Crippen molar-refractivity contribution < 1.29 is 19.4 Å². The zero-order chi connectivity index (χ0) is 20.1. The summed E-state index contributed by atoms with van der Waals surface area (Å²) in [6, 6.07) is 12.8. The van der Waals surface area contributed by atoms with Crippen molar-refractivity contribution in [3.8, 4) is 5.75 Å². The molecular weight excluding hydrogens is 376 g/mol. The Morgan fingerprint density at radius 2 is 2.04 bits per heavy atom. The summed E-state index contributed by atoms with van der Waals surface area (Å²) in [6.07, 6.45) is 4.09. The Morgan fingerprint density at radius 3 is 2.79 bits per heavy atom. The van der Waals surface area contributed by atoms with Crippen LogP contribution in [0.2, 0.25) is 0 Å². The summed E-state index contributed by atoms with van der Waals surface area (Å²) in [5.41, 5.74) is 1.13. The third-order valence-corrected chi connectivity index (χ3v) is 5.65. The molecule has 2 amide bonds. The molecule has 148 valence electrons. The standard InChI is InChI=1S/C21H24N2O4S/c1-27-16-8-9-18-14(11-16)5-4-10-21(18,26)13-22-19(24)20(25)23-15-6-3-7-17(12-15)28-2/h3,6-9,11-12,26H,4-5,10,13H2,1-2H3,(H,22,24)(H,23,25). The van der Waals surface area contributed by atoms with Crippen LogP contribution >= 0.6 is 11.8 Å². The fourth-order valence-corrected chi connectivity index (χ4v) is 3.90. The number of hydrogen-bond donors (Lipinski definition) is 3. The SMILES string of the molecule is COc1ccc2c(c1)CCCC2(O)CNC(=O)C(=O)Nc1cccc(SC)c1. The number of nitrogens with one attached hydrogen (secondary N) is 2. The van der Waals surface area contributed by atoms with Crippen LogP contribution in [-0.4, -0.2) is 36.8 Å². The van der Waals surface area contributed by atoms with Gasteiger partial charge in [-0.2, -0.15) is 0 Å². The number of aliphatic hydroxyl groups is 1. The highest BCUT2D eigenvalue weighted by molar-refractivity contribution is 7.98. The number of aryl methyl sites for hydroxylation is 1. The second-order valence-electron chi connectivity index (χ2n) is 6.78. The topological polar surface area (TPSA) is 87.7 Å². The van der Waals surface area contributed by atoms with Crippen molar-refractivity contribution >= 4 is 29.3 Å². The molecule has 2 aromatic carbocycles. The highest BCUT2D eigenvalue weighted by Gasteiger charge is 2.35. The molecule has 7 heteroatoms. The quantitative estimate of drug-likeness (QED) is 0.531. The summed E-state index contributed by atoms with van der Waals surface area (Å²) in [5, 5.41) is 16.2. The van der Waals surface area contributed by atoms with Crippen LogP contribution in [0.25, 0.3) is 0 Å². The predicted octanol–water partition coefficient (Wildman–Crippen LogP) is 2.70. The second kappa shape index (κ2) is 8.67. The van der Waals surface area contributed by atoms with Crippen molar-refractivity contribution in [3.63, 3.8) is 0 Å². The van der Waals surface area contributed by atoms with E-state index in [9.17, 15) is 14.7 Å². The normalized spacial score (nSPS) is 18.1. The van der Waals surface area contributed by atoms with Crippen LogP contribution in [0.5, 0.6) is 5.75 Å². The van der Waals surface area contributed by atoms with Crippen LogP contribution in [0, 0.1) is 0 Å². The van der Waals surface area contributed by atoms with Crippen LogP contribution in [0.15, 0.2) is 47.4 Å². The number of amides is 2. The Bertz CT molecular complexity index is 886. The molecule has 1 atom stereocenters. The van der Waals surface area contributed by atoms with E-state index in [1.807, 2.05) is 30.5 Å². The van der Waals surface area contributed by atoms with E-state index >= 15 is 0 Å². The maximum atomic E-state index is 12.2. The number of anilines is 1. The van der Waals surface area contributed by atoms with Gasteiger partial charge in [-0.3, -0.25) is 9.59 Å². The lowest BCUT2D eigenvalue weighted by molar-refractivity contribution is -0.137. The molecule has 0 aromatic heterocycles. The number of carbonyl (C=O) groups excluding carboxylic acids is 2. The molecular formula is C21H24N2O4S. The van der Waals surface area contributed by atoms with Gasteiger partial charge < -0.3 is 20.5 Å². The number of thioether (sulfide) groups is 1. The second-order valence-corrected chi connectivity index (χ2v) is 7.66. The van der Waals surface area contributed by atoms with Gasteiger partial charge >= 0.3 is 11.8 Å². The third-order valence-electron chi connectivity index (χ3n) is 4.93. The molecule has 3 N–H and O–H groups in total. The molecule has 3 rings (SSSR count). The van der Waals surface area contributed by atoms with Crippen molar-refractivity contribution in [3.05, 3.63) is 53.6 Å². The van der Waals surface area contributed by atoms with Crippen molar-refractivity contribution in [2.45, 2.75) is 29.8 Å². The van der Waals surface area contributed by atoms with Crippen molar-refractivity contribution in [2.75, 3.05) is 25.2 Å². The molecule has 0 fully saturated rings. The van der Waals surface area contributed by atoms with Gasteiger partial charge in [0.2, 0.25) is 0 Å². The number of carbonyl (C=O) groups is 2. The Balaban J connectivity index is 1.65. The van der Waals surface area contributed by atoms with Crippen LogP contribution in [-0.2, 0) is 21.6 Å². The van der Waals surface area contributed by atoms with Crippen LogP contribution in [0.4, 0.5) is 5.69 Å². The minimum atomic E-state index is -1.20. The molecule has 0 radical (unpaired) electrons. The first-order valence-corrected chi connectivity index (χ1v) is 10.3. The average molecular weight is 401 g/mol. The van der Waals surface area contributed by atoms with E-state index in [1.165, 1.54) is 0 Å². The molecule has 0 saturated heterocycles. The molecule has 6 nitrogen and oxygen atoms in total. The van der Waals surface area contributed by atoms with E-state index < -0.39 is 17.4 Å². The maximum Gasteiger partial charge on any atom is 0.313 e. The van der Waals surface area contributed by atoms with Gasteiger partial charge in [-0.05, 0) is 67.0 Å². The van der Waals surface area contributed by atoms with Crippen molar-refractivity contribution in [2.24, 2.45) is 0 Å². The van der Waals surface area contributed by atoms with E-state index in [1.54, 1.807) is 37.1 Å². The predicted molar refractivity (Wildman–Crippen MR) is 110 cm³/mol. The molecule has 0 bridgehead atoms. The monoisotopic (exact) mass is 400 g/mol. The van der Waals surface area contributed by atoms with E-state index in [0.717, 1.165) is 34.6 Å². The number of methoxy groups -OCH3 is 1. The summed E-state index contributed by atoms with van der Waals surface area (Å²) in [5.74, 6) is -0.796. The van der Waals surface area contributed by atoms with Crippen LogP contribution in [0.1, 0.15) is 24.0 Å². The highest BCUT2D eigenvalue weighted by atomic mass is 32.2. The number of hydrogen-bond acceptors (Lipinski definition) is 5. The molecule has 2 aromatic rings. The van der Waals surface area contributed by atoms with Gasteiger partial charge in [0.15, 0.2) is 0 Å². The van der Waals surface area contributed by atoms with Gasteiger partial charge in [-0.15, -0.1) is 11.8 Å². The summed E-state index contributed by atoms with van der Waals surface area (Å²) in [4.78, 5) is 25.4. The average Bonchev–Trinajstić information content (AvgIpc) is 2.72. The first kappa shape index (κ1) is 20.2. The maximum absolute atomic E-state index is 12.2. The van der Waals surface area contributed by atoms with Gasteiger partial charge in [0, 0.05) is 10.6 Å². The summed E-state index contributed by atoms with van der Waals surface area (Å²) in [6.45, 7) is -0.0244. The van der Waals surface area contributed by atoms with Gasteiger partial charge in [0.1, 0.15) is 11.4 Å². The molecule has 0 heterocycles. The lowest BCUT2D eigenvalue weighted by atomic mass is 9.79. The zero-order valence-electron chi connectivity index (χ0n) is 16.0. The number of rotatable bonds is 5. The van der Waals surface area contributed by atoms with Gasteiger partial charge in [-0.1, -0.05) is 12.1 Å². The Kier molecular flexibility index (Phi) is 6.26. The fraction of sp³-hybridized carbons (Fsp3) is 0.333. The van der Waals surface area contributed by atoms with Gasteiger partial charge in [0.25, 0.3) is 0 Å². The van der Waals surface area contributed by atoms with Crippen molar-refractivity contribution in [1.29, 1.82) is 0 Å². The number of fused-ring (bicyclic) bond motifs is 1. The Labute approximate surface area is 168 Å². The fourth-order valence-electron chi connectivity index (χ4n) is 3.44. The molecule has 0 spiro atoms. The molecule has 1 aliphatic carbocycles. The third kappa shape index (κ3) is 4.48. The van der Waals surface area contributed by atoms with E-state index in [4.69, 9.17) is 4.74 Å². The van der Waals surface area contributed by atoms with Crippen LogP contribution < -0.4 is 15.4 Å². The zero-order valence-corrected chi connectivity index (χ0v) is 16.8. The Morgan fingerprint density at radius 1 is 1.21 bits per heavy atom. The van der Waals surface area contributed by atoms with Gasteiger partial charge in [-0.25, -0.2) is 0 Å². The summed E-state index contributed by atoms with van der Waals surface area (Å²) in [7, 11) is 1.60. The molecule has 1 unspecified atom stereocenters. The first-order valence-electron chi connectivity index (χ1n) is 9.08. The lowest BCUT2D eigenvalue weighted by Gasteiger charge is -2.34. The van der Waals surface area contributed by atoms with E-state index in [2.05, 4.69) is 10.6 Å². The van der Waals surface area contributed by atoms with Gasteiger partial charge in [0.05, 0.1) is 13.7 Å². The van der Waals surface area contributed by atoms with Crippen LogP contribution in [0.3, 0.4) is 0 Å². The molecule has 0 aliphatic heterocycles. The summed E-state index contributed by atoms with van der Waals surface area (Å²) >= 11 is 1.55. The smallest absolute Gasteiger partial charge is 0.313 e. The Hall–Kier alpha value is -2.51. The largest absolute Gasteiger partial charge is 0.497 e. The highest BCUT2D eigenvalue weighted by Crippen LogP contribution is 2.36.